The number of ether oxygens (including phenoxy) is 1. The third-order valence-electron chi connectivity index (χ3n) is 6.29. The van der Waals surface area contributed by atoms with Crippen LogP contribution in [0.2, 0.25) is 21.8 Å². The second-order valence-electron chi connectivity index (χ2n) is 9.79. The van der Waals surface area contributed by atoms with E-state index in [1.807, 2.05) is 13.8 Å². The summed E-state index contributed by atoms with van der Waals surface area (Å²) in [6, 6.07) is 0. The number of nitrogen functional groups attached to an aromatic ring is 1. The normalized spacial score (nSPS) is 22.8. The lowest BCUT2D eigenvalue weighted by atomic mass is 9.96. The number of imidazole rings is 1. The monoisotopic (exact) mass is 532 g/mol. The van der Waals surface area contributed by atoms with Gasteiger partial charge >= 0.3 is 17.8 Å². The van der Waals surface area contributed by atoms with Gasteiger partial charge in [-0.05, 0) is 30.0 Å². The highest BCUT2D eigenvalue weighted by molar-refractivity contribution is 6.76. The van der Waals surface area contributed by atoms with E-state index in [1.54, 1.807) is 0 Å². The van der Waals surface area contributed by atoms with Crippen molar-refractivity contribution in [3.63, 3.8) is 0 Å². The van der Waals surface area contributed by atoms with Gasteiger partial charge in [0.1, 0.15) is 5.52 Å². The fraction of sp³-hybridized carbons (Fsp3) is 0.762. The predicted octanol–water partition coefficient (Wildman–Crippen LogP) is 4.92. The van der Waals surface area contributed by atoms with Gasteiger partial charge in [0.05, 0.1) is 12.4 Å². The molecule has 0 amide bonds. The van der Waals surface area contributed by atoms with Crippen LogP contribution in [0.1, 0.15) is 61.1 Å². The fourth-order valence-corrected chi connectivity index (χ4v) is 12.5. The Kier molecular flexibility index (Phi) is 8.43. The smallest absolute Gasteiger partial charge is 0.378 e. The molecule has 0 bridgehead atoms. The molecule has 9 nitrogen and oxygen atoms in total. The second kappa shape index (κ2) is 10.4. The van der Waals surface area contributed by atoms with Crippen LogP contribution in [-0.2, 0) is 17.7 Å². The molecule has 0 aromatic carbocycles. The van der Waals surface area contributed by atoms with Crippen molar-refractivity contribution >= 4 is 46.6 Å². The maximum Gasteiger partial charge on any atom is 0.378 e. The van der Waals surface area contributed by atoms with E-state index in [9.17, 15) is 0 Å². The number of hydrogen-bond acceptors (Lipinski definition) is 8. The minimum atomic E-state index is -2.57. The van der Waals surface area contributed by atoms with E-state index in [-0.39, 0.29) is 33.4 Å². The first-order chi connectivity index (χ1) is 15.8. The van der Waals surface area contributed by atoms with Gasteiger partial charge in [-0.1, -0.05) is 53.1 Å². The molecule has 2 aromatic heterocycles. The summed E-state index contributed by atoms with van der Waals surface area (Å²) in [4.78, 5) is 12.4. The molecule has 0 unspecified atom stereocenters. The van der Waals surface area contributed by atoms with Crippen LogP contribution in [0, 0.1) is 0 Å². The third-order valence-corrected chi connectivity index (χ3v) is 14.0. The molecule has 1 aliphatic rings. The van der Waals surface area contributed by atoms with Crippen molar-refractivity contribution in [2.24, 2.45) is 0 Å². The molecule has 1 saturated heterocycles. The minimum absolute atomic E-state index is 0.0346. The highest BCUT2D eigenvalue weighted by Gasteiger charge is 2.53. The van der Waals surface area contributed by atoms with Crippen LogP contribution in [0.5, 0.6) is 0 Å². The van der Waals surface area contributed by atoms with E-state index in [2.05, 4.69) is 42.6 Å². The molecule has 2 N–H and O–H groups in total. The fourth-order valence-electron chi connectivity index (χ4n) is 4.47. The summed E-state index contributed by atoms with van der Waals surface area (Å²) in [5.41, 5.74) is 4.96. The van der Waals surface area contributed by atoms with E-state index in [4.69, 9.17) is 35.0 Å². The van der Waals surface area contributed by atoms with Crippen molar-refractivity contribution < 1.29 is 22.1 Å². The number of rotatable bonds is 7. The summed E-state index contributed by atoms with van der Waals surface area (Å²) in [5, 5.41) is 0.0923. The predicted molar refractivity (Wildman–Crippen MR) is 134 cm³/mol. The number of aromatic nitrogens is 4. The summed E-state index contributed by atoms with van der Waals surface area (Å²) in [6.45, 7) is 14.4. The number of nitrogens with zero attached hydrogens (tertiary/aromatic N) is 4. The number of halogens is 2. The van der Waals surface area contributed by atoms with Gasteiger partial charge in [0, 0.05) is 13.7 Å². The Morgan fingerprint density at radius 1 is 1.26 bits per heavy atom. The quantitative estimate of drug-likeness (QED) is 0.395. The summed E-state index contributed by atoms with van der Waals surface area (Å²) in [6.07, 6.45) is -0.168. The van der Waals surface area contributed by atoms with Gasteiger partial charge in [-0.3, -0.25) is 4.57 Å². The maximum absolute atomic E-state index is 16.7. The zero-order valence-corrected chi connectivity index (χ0v) is 23.9. The number of nitrogens with two attached hydrogens (primary N) is 1. The molecule has 3 atom stereocenters. The van der Waals surface area contributed by atoms with Gasteiger partial charge in [-0.25, -0.2) is 9.37 Å². The first-order valence-electron chi connectivity index (χ1n) is 11.6. The van der Waals surface area contributed by atoms with Crippen molar-refractivity contribution in [3.8, 4) is 0 Å². The Bertz CT molecular complexity index is 985. The van der Waals surface area contributed by atoms with Crippen LogP contribution < -0.4 is 5.73 Å². The highest BCUT2D eigenvalue weighted by atomic mass is 35.5. The zero-order chi connectivity index (χ0) is 25.4. The Balaban J connectivity index is 1.97. The highest BCUT2D eigenvalue weighted by Crippen LogP contribution is 2.42. The van der Waals surface area contributed by atoms with Gasteiger partial charge in [0.15, 0.2) is 22.7 Å². The van der Waals surface area contributed by atoms with E-state index < -0.39 is 35.8 Å². The number of anilines is 1. The molecular weight excluding hydrogens is 497 g/mol. The topological polar surface area (TPSA) is 107 Å². The van der Waals surface area contributed by atoms with E-state index in [1.165, 1.54) is 24.9 Å². The van der Waals surface area contributed by atoms with E-state index >= 15 is 4.39 Å². The molecule has 3 rings (SSSR count). The van der Waals surface area contributed by atoms with Gasteiger partial charge in [0.2, 0.25) is 5.95 Å². The van der Waals surface area contributed by atoms with Gasteiger partial charge in [0.25, 0.3) is 0 Å². The molecule has 2 aromatic rings. The molecule has 34 heavy (non-hydrogen) atoms. The molecule has 1 fully saturated rings. The second-order valence-corrected chi connectivity index (χ2v) is 17.0. The van der Waals surface area contributed by atoms with Crippen LogP contribution in [-0.4, -0.2) is 62.9 Å². The zero-order valence-electron chi connectivity index (χ0n) is 21.1. The van der Waals surface area contributed by atoms with Crippen molar-refractivity contribution in [2.75, 3.05) is 19.5 Å². The Morgan fingerprint density at radius 2 is 1.91 bits per heavy atom. The molecule has 3 heterocycles. The van der Waals surface area contributed by atoms with Crippen molar-refractivity contribution in [1.29, 1.82) is 0 Å². The number of fused-ring (bicyclic) bond motifs is 1. The summed E-state index contributed by atoms with van der Waals surface area (Å²) in [5.74, 6) is -0.0346. The van der Waals surface area contributed by atoms with Crippen molar-refractivity contribution in [3.05, 3.63) is 11.5 Å². The molecule has 191 valence electrons. The van der Waals surface area contributed by atoms with Crippen LogP contribution in [0.15, 0.2) is 6.33 Å². The molecule has 0 aliphatic carbocycles. The molecule has 0 spiro atoms. The number of alkyl halides is 1. The van der Waals surface area contributed by atoms with Crippen LogP contribution in [0.4, 0.5) is 10.3 Å². The Hall–Kier alpha value is -1.16. The van der Waals surface area contributed by atoms with Gasteiger partial charge in [-0.15, -0.1) is 0 Å². The van der Waals surface area contributed by atoms with Gasteiger partial charge < -0.3 is 23.4 Å². The average molecular weight is 533 g/mol. The number of methoxy groups -OCH3 is 1. The van der Waals surface area contributed by atoms with E-state index in [0.717, 1.165) is 0 Å². The average Bonchev–Trinajstić information content (AvgIpc) is 3.11. The van der Waals surface area contributed by atoms with Crippen molar-refractivity contribution in [1.82, 2.24) is 19.5 Å². The molecule has 1 aliphatic heterocycles. The summed E-state index contributed by atoms with van der Waals surface area (Å²) >= 11 is 6.17. The lowest BCUT2D eigenvalue weighted by molar-refractivity contribution is -0.133. The van der Waals surface area contributed by atoms with Gasteiger partial charge in [-0.2, -0.15) is 9.97 Å². The first kappa shape index (κ1) is 27.4. The summed E-state index contributed by atoms with van der Waals surface area (Å²) in [7, 11) is -3.00. The lowest BCUT2D eigenvalue weighted by Crippen LogP contribution is -2.58. The Morgan fingerprint density at radius 3 is 2.47 bits per heavy atom. The largest absolute Gasteiger partial charge is 0.413 e. The molecule has 0 saturated carbocycles. The van der Waals surface area contributed by atoms with E-state index in [0.29, 0.717) is 18.5 Å². The molecule has 1 radical (unpaired) electrons. The number of hydrogen-bond donors (Lipinski definition) is 1. The van der Waals surface area contributed by atoms with Crippen molar-refractivity contribution in [2.45, 2.75) is 89.5 Å². The lowest BCUT2D eigenvalue weighted by Gasteiger charge is -2.45. The first-order valence-corrected chi connectivity index (χ1v) is 15.3. The molecule has 13 heteroatoms. The van der Waals surface area contributed by atoms with Crippen LogP contribution in [0.3, 0.4) is 0 Å². The minimum Gasteiger partial charge on any atom is -0.413 e. The summed E-state index contributed by atoms with van der Waals surface area (Å²) < 4.78 is 43.5. The van der Waals surface area contributed by atoms with Crippen LogP contribution in [0.25, 0.3) is 11.2 Å². The third kappa shape index (κ3) is 5.04. The molecular formula is C21H36ClFN5O4Si2. The van der Waals surface area contributed by atoms with Crippen LogP contribution >= 0.6 is 11.6 Å². The Labute approximate surface area is 208 Å². The maximum atomic E-state index is 16.7. The standard InChI is InChI=1S/C21H36ClFN5O4Si2/c1-12(2)33-31-15(9-10-30-34(32-33,13(3)4)14(5)6)21(7,23)19(29-8)28-11-25-16-17(22)26-20(24)27-18(16)28/h11-15,19H,9-10H2,1-8H3,(H2,24,26,27)/t15-,19-,21-/m1/s1. The SMILES string of the molecule is CO[C@@H](n1cnc2c(Cl)nc(N)nc21)[C@](C)(F)[C@H]1CCO[Si](C(C)C)(C(C)C)O[Si](C(C)C)O1.